The first kappa shape index (κ1) is 16.5. The number of anilines is 1. The van der Waals surface area contributed by atoms with E-state index in [1.54, 1.807) is 11.3 Å². The summed E-state index contributed by atoms with van der Waals surface area (Å²) in [7, 11) is 0. The van der Waals surface area contributed by atoms with Gasteiger partial charge in [-0.3, -0.25) is 0 Å². The van der Waals surface area contributed by atoms with Crippen LogP contribution in [-0.4, -0.2) is 24.3 Å². The average Bonchev–Trinajstić information content (AvgIpc) is 2.92. The minimum absolute atomic E-state index is 0.146. The third-order valence-corrected chi connectivity index (χ3v) is 4.54. The monoisotopic (exact) mass is 318 g/mol. The molecule has 1 aromatic heterocycles. The van der Waals surface area contributed by atoms with E-state index in [2.05, 4.69) is 29.0 Å². The first-order chi connectivity index (χ1) is 10.6. The fraction of sp³-hybridized carbons (Fsp3) is 0.353. The summed E-state index contributed by atoms with van der Waals surface area (Å²) in [6.45, 7) is 4.78. The number of hydrogen-bond acceptors (Lipinski definition) is 3. The van der Waals surface area contributed by atoms with Crippen molar-refractivity contribution in [1.82, 2.24) is 5.32 Å². The summed E-state index contributed by atoms with van der Waals surface area (Å²) in [4.78, 5) is 13.1. The van der Waals surface area contributed by atoms with Crippen molar-refractivity contribution in [3.63, 3.8) is 0 Å². The first-order valence-electron chi connectivity index (χ1n) is 7.40. The van der Waals surface area contributed by atoms with E-state index in [0.717, 1.165) is 11.3 Å². The highest BCUT2D eigenvalue weighted by Gasteiger charge is 2.07. The van der Waals surface area contributed by atoms with Gasteiger partial charge in [0.2, 0.25) is 0 Å². The molecular weight excluding hydrogens is 296 g/mol. The number of aryl methyl sites for hydroxylation is 1. The molecule has 3 N–H and O–H groups in total. The number of amides is 2. The molecule has 0 aliphatic carbocycles. The molecule has 0 aliphatic rings. The zero-order valence-corrected chi connectivity index (χ0v) is 13.7. The van der Waals surface area contributed by atoms with Gasteiger partial charge in [0.25, 0.3) is 0 Å². The van der Waals surface area contributed by atoms with Gasteiger partial charge in [0, 0.05) is 23.7 Å². The summed E-state index contributed by atoms with van der Waals surface area (Å²) >= 11 is 1.70. The SMILES string of the molecule is Cc1ccsc1-c1cccc(NC(=O)NCC(C)CCO)c1. The molecule has 1 unspecified atom stereocenters. The molecule has 0 radical (unpaired) electrons. The highest BCUT2D eigenvalue weighted by molar-refractivity contribution is 7.13. The van der Waals surface area contributed by atoms with E-state index in [0.29, 0.717) is 13.0 Å². The Bertz CT molecular complexity index is 625. The summed E-state index contributed by atoms with van der Waals surface area (Å²) in [5, 5.41) is 16.6. The minimum Gasteiger partial charge on any atom is -0.396 e. The van der Waals surface area contributed by atoms with E-state index < -0.39 is 0 Å². The van der Waals surface area contributed by atoms with E-state index >= 15 is 0 Å². The molecule has 0 saturated carbocycles. The molecule has 0 fully saturated rings. The number of rotatable bonds is 6. The number of nitrogens with one attached hydrogen (secondary N) is 2. The molecule has 0 spiro atoms. The molecule has 0 bridgehead atoms. The largest absolute Gasteiger partial charge is 0.396 e. The second kappa shape index (κ2) is 7.96. The number of thiophene rings is 1. The molecule has 4 nitrogen and oxygen atoms in total. The molecule has 22 heavy (non-hydrogen) atoms. The lowest BCUT2D eigenvalue weighted by Crippen LogP contribution is -2.32. The summed E-state index contributed by atoms with van der Waals surface area (Å²) in [6, 6.07) is 9.72. The average molecular weight is 318 g/mol. The van der Waals surface area contributed by atoms with E-state index in [1.807, 2.05) is 31.2 Å². The van der Waals surface area contributed by atoms with Crippen molar-refractivity contribution < 1.29 is 9.90 Å². The van der Waals surface area contributed by atoms with E-state index in [-0.39, 0.29) is 18.6 Å². The lowest BCUT2D eigenvalue weighted by Gasteiger charge is -2.12. The predicted octanol–water partition coefficient (Wildman–Crippen LogP) is 3.86. The van der Waals surface area contributed by atoms with Gasteiger partial charge in [0.05, 0.1) is 0 Å². The standard InChI is InChI=1S/C17H22N2O2S/c1-12(6-8-20)11-18-17(21)19-15-5-3-4-14(10-15)16-13(2)7-9-22-16/h3-5,7,9-10,12,20H,6,8,11H2,1-2H3,(H2,18,19,21). The molecule has 0 saturated heterocycles. The Labute approximate surface area is 135 Å². The summed E-state index contributed by atoms with van der Waals surface area (Å²) in [5.74, 6) is 0.260. The van der Waals surface area contributed by atoms with Crippen molar-refractivity contribution in [2.45, 2.75) is 20.3 Å². The second-order valence-corrected chi connectivity index (χ2v) is 6.38. The Balaban J connectivity index is 1.96. The molecule has 1 aromatic carbocycles. The van der Waals surface area contributed by atoms with Crippen molar-refractivity contribution in [1.29, 1.82) is 0 Å². The Morgan fingerprint density at radius 1 is 1.36 bits per heavy atom. The van der Waals surface area contributed by atoms with Crippen molar-refractivity contribution in [3.8, 4) is 10.4 Å². The number of carbonyl (C=O) groups excluding carboxylic acids is 1. The number of hydrogen-bond donors (Lipinski definition) is 3. The lowest BCUT2D eigenvalue weighted by atomic mass is 10.1. The fourth-order valence-corrected chi connectivity index (χ4v) is 3.10. The van der Waals surface area contributed by atoms with Gasteiger partial charge in [-0.05, 0) is 54.0 Å². The third kappa shape index (κ3) is 4.58. The maximum Gasteiger partial charge on any atom is 0.319 e. The van der Waals surface area contributed by atoms with Gasteiger partial charge in [-0.15, -0.1) is 11.3 Å². The maximum absolute atomic E-state index is 11.9. The van der Waals surface area contributed by atoms with E-state index in [4.69, 9.17) is 5.11 Å². The summed E-state index contributed by atoms with van der Waals surface area (Å²) < 4.78 is 0. The van der Waals surface area contributed by atoms with Crippen LogP contribution in [0, 0.1) is 12.8 Å². The zero-order chi connectivity index (χ0) is 15.9. The number of aliphatic hydroxyl groups is 1. The Morgan fingerprint density at radius 3 is 2.86 bits per heavy atom. The smallest absolute Gasteiger partial charge is 0.319 e. The third-order valence-electron chi connectivity index (χ3n) is 3.48. The lowest BCUT2D eigenvalue weighted by molar-refractivity contribution is 0.243. The van der Waals surface area contributed by atoms with Crippen molar-refractivity contribution in [2.24, 2.45) is 5.92 Å². The Morgan fingerprint density at radius 2 is 2.18 bits per heavy atom. The highest BCUT2D eigenvalue weighted by atomic mass is 32.1. The molecule has 0 aliphatic heterocycles. The molecule has 2 amide bonds. The van der Waals surface area contributed by atoms with Crippen molar-refractivity contribution in [2.75, 3.05) is 18.5 Å². The fourth-order valence-electron chi connectivity index (χ4n) is 2.17. The van der Waals surface area contributed by atoms with Crippen molar-refractivity contribution in [3.05, 3.63) is 41.3 Å². The molecule has 1 atom stereocenters. The maximum atomic E-state index is 11.9. The van der Waals surface area contributed by atoms with Crippen LogP contribution < -0.4 is 10.6 Å². The Hall–Kier alpha value is -1.85. The summed E-state index contributed by atoms with van der Waals surface area (Å²) in [5.41, 5.74) is 3.13. The van der Waals surface area contributed by atoms with Crippen LogP contribution in [-0.2, 0) is 0 Å². The number of benzene rings is 1. The predicted molar refractivity (Wildman–Crippen MR) is 92.4 cm³/mol. The normalized spacial score (nSPS) is 12.0. The molecule has 2 rings (SSSR count). The van der Waals surface area contributed by atoms with Crippen LogP contribution in [0.1, 0.15) is 18.9 Å². The molecular formula is C17H22N2O2S. The van der Waals surface area contributed by atoms with Crippen LogP contribution in [0.4, 0.5) is 10.5 Å². The zero-order valence-electron chi connectivity index (χ0n) is 12.9. The van der Waals surface area contributed by atoms with Crippen LogP contribution in [0.15, 0.2) is 35.7 Å². The van der Waals surface area contributed by atoms with Gasteiger partial charge in [-0.25, -0.2) is 4.79 Å². The van der Waals surface area contributed by atoms with Crippen LogP contribution in [0.5, 0.6) is 0 Å². The first-order valence-corrected chi connectivity index (χ1v) is 8.28. The van der Waals surface area contributed by atoms with Crippen LogP contribution in [0.3, 0.4) is 0 Å². The number of aliphatic hydroxyl groups excluding tert-OH is 1. The van der Waals surface area contributed by atoms with Gasteiger partial charge >= 0.3 is 6.03 Å². The van der Waals surface area contributed by atoms with Gasteiger partial charge < -0.3 is 15.7 Å². The minimum atomic E-state index is -0.218. The van der Waals surface area contributed by atoms with E-state index in [1.165, 1.54) is 10.4 Å². The molecule has 1 heterocycles. The summed E-state index contributed by atoms with van der Waals surface area (Å²) in [6.07, 6.45) is 0.688. The van der Waals surface area contributed by atoms with Gasteiger partial charge in [-0.1, -0.05) is 19.1 Å². The van der Waals surface area contributed by atoms with Crippen molar-refractivity contribution >= 4 is 23.1 Å². The number of urea groups is 1. The van der Waals surface area contributed by atoms with Gasteiger partial charge in [-0.2, -0.15) is 0 Å². The molecule has 2 aromatic rings. The van der Waals surface area contributed by atoms with Crippen LogP contribution in [0.25, 0.3) is 10.4 Å². The Kier molecular flexibility index (Phi) is 5.98. The molecule has 5 heteroatoms. The van der Waals surface area contributed by atoms with Gasteiger partial charge in [0.15, 0.2) is 0 Å². The second-order valence-electron chi connectivity index (χ2n) is 5.47. The van der Waals surface area contributed by atoms with Gasteiger partial charge in [0.1, 0.15) is 0 Å². The van der Waals surface area contributed by atoms with Crippen LogP contribution in [0.2, 0.25) is 0 Å². The highest BCUT2D eigenvalue weighted by Crippen LogP contribution is 2.30. The van der Waals surface area contributed by atoms with E-state index in [9.17, 15) is 4.79 Å². The molecule has 118 valence electrons. The number of carbonyl (C=O) groups is 1. The topological polar surface area (TPSA) is 61.4 Å². The quantitative estimate of drug-likeness (QED) is 0.757. The van der Waals surface area contributed by atoms with Crippen LogP contribution >= 0.6 is 11.3 Å².